The zero-order valence-electron chi connectivity index (χ0n) is 15.7. The largest absolute Gasteiger partial charge is 0.352 e. The minimum absolute atomic E-state index is 0.0322. The Morgan fingerprint density at radius 1 is 1.12 bits per heavy atom. The molecule has 0 saturated heterocycles. The molecule has 0 aliphatic rings. The summed E-state index contributed by atoms with van der Waals surface area (Å²) in [6.07, 6.45) is 4.95. The van der Waals surface area contributed by atoms with Crippen molar-refractivity contribution in [2.24, 2.45) is 0 Å². The second kappa shape index (κ2) is 9.70. The molecule has 0 aliphatic carbocycles. The van der Waals surface area contributed by atoms with Gasteiger partial charge in [0.25, 0.3) is 11.8 Å². The molecule has 2 rings (SSSR count). The van der Waals surface area contributed by atoms with Crippen LogP contribution in [0.1, 0.15) is 59.9 Å². The Morgan fingerprint density at radius 2 is 1.81 bits per heavy atom. The van der Waals surface area contributed by atoms with Crippen molar-refractivity contribution in [1.82, 2.24) is 15.2 Å². The fourth-order valence-electron chi connectivity index (χ4n) is 2.60. The number of pyridine rings is 1. The lowest BCUT2D eigenvalue weighted by atomic mass is 10.1. The summed E-state index contributed by atoms with van der Waals surface area (Å²) in [6.45, 7) is 7.18. The molecule has 0 fully saturated rings. The third kappa shape index (κ3) is 5.41. The molecule has 0 bridgehead atoms. The van der Waals surface area contributed by atoms with Crippen LogP contribution in [0.4, 0.5) is 0 Å². The Kier molecular flexibility index (Phi) is 7.33. The summed E-state index contributed by atoms with van der Waals surface area (Å²) < 4.78 is 0. The van der Waals surface area contributed by atoms with E-state index in [2.05, 4.69) is 17.2 Å². The van der Waals surface area contributed by atoms with Gasteiger partial charge < -0.3 is 10.2 Å². The van der Waals surface area contributed by atoms with Crippen molar-refractivity contribution in [2.75, 3.05) is 6.54 Å². The first kappa shape index (κ1) is 19.6. The monoisotopic (exact) mass is 353 g/mol. The van der Waals surface area contributed by atoms with Gasteiger partial charge >= 0.3 is 0 Å². The van der Waals surface area contributed by atoms with E-state index in [1.54, 1.807) is 11.0 Å². The maximum atomic E-state index is 13.0. The predicted molar refractivity (Wildman–Crippen MR) is 103 cm³/mol. The summed E-state index contributed by atoms with van der Waals surface area (Å²) in [7, 11) is 0. The third-order valence-corrected chi connectivity index (χ3v) is 4.14. The zero-order chi connectivity index (χ0) is 18.9. The summed E-state index contributed by atoms with van der Waals surface area (Å²) >= 11 is 0. The SMILES string of the molecule is CCCCNC(=O)c1cncc(C(=O)N(Cc2ccccc2)C(C)C)c1. The van der Waals surface area contributed by atoms with Gasteiger partial charge in [0.15, 0.2) is 0 Å². The highest BCUT2D eigenvalue weighted by molar-refractivity contribution is 5.99. The smallest absolute Gasteiger partial charge is 0.255 e. The van der Waals surface area contributed by atoms with Gasteiger partial charge in [0.2, 0.25) is 0 Å². The first-order valence-electron chi connectivity index (χ1n) is 9.11. The van der Waals surface area contributed by atoms with Crippen LogP contribution in [-0.2, 0) is 6.54 Å². The topological polar surface area (TPSA) is 62.3 Å². The van der Waals surface area contributed by atoms with Crippen molar-refractivity contribution in [3.63, 3.8) is 0 Å². The van der Waals surface area contributed by atoms with Gasteiger partial charge in [-0.2, -0.15) is 0 Å². The second-order valence-electron chi connectivity index (χ2n) is 6.58. The number of carbonyl (C=O) groups excluding carboxylic acids is 2. The Labute approximate surface area is 155 Å². The quantitative estimate of drug-likeness (QED) is 0.737. The van der Waals surface area contributed by atoms with Crippen LogP contribution in [0.15, 0.2) is 48.8 Å². The molecule has 5 nitrogen and oxygen atoms in total. The van der Waals surface area contributed by atoms with Crippen molar-refractivity contribution in [3.8, 4) is 0 Å². The first-order chi connectivity index (χ1) is 12.5. The van der Waals surface area contributed by atoms with E-state index in [1.807, 2.05) is 44.2 Å². The number of nitrogens with zero attached hydrogens (tertiary/aromatic N) is 2. The Hall–Kier alpha value is -2.69. The Bertz CT molecular complexity index is 729. The fraction of sp³-hybridized carbons (Fsp3) is 0.381. The van der Waals surface area contributed by atoms with Gasteiger partial charge in [-0.3, -0.25) is 14.6 Å². The van der Waals surface area contributed by atoms with Crippen LogP contribution in [0.25, 0.3) is 0 Å². The number of nitrogens with one attached hydrogen (secondary N) is 1. The molecule has 138 valence electrons. The molecule has 2 aromatic rings. The number of hydrogen-bond donors (Lipinski definition) is 1. The summed E-state index contributed by atoms with van der Waals surface area (Å²) in [5.74, 6) is -0.320. The number of hydrogen-bond acceptors (Lipinski definition) is 3. The molecule has 1 aromatic heterocycles. The molecular formula is C21H27N3O2. The van der Waals surface area contributed by atoms with E-state index >= 15 is 0 Å². The average Bonchev–Trinajstić information content (AvgIpc) is 2.66. The predicted octanol–water partition coefficient (Wildman–Crippen LogP) is 3.66. The average molecular weight is 353 g/mol. The van der Waals surface area contributed by atoms with Crippen molar-refractivity contribution in [1.29, 1.82) is 0 Å². The van der Waals surface area contributed by atoms with Crippen LogP contribution in [-0.4, -0.2) is 34.3 Å². The Morgan fingerprint density at radius 3 is 2.46 bits per heavy atom. The van der Waals surface area contributed by atoms with Crippen molar-refractivity contribution < 1.29 is 9.59 Å². The lowest BCUT2D eigenvalue weighted by Crippen LogP contribution is -2.36. The minimum Gasteiger partial charge on any atom is -0.352 e. The summed E-state index contributed by atoms with van der Waals surface area (Å²) in [5, 5.41) is 2.85. The number of benzene rings is 1. The summed E-state index contributed by atoms with van der Waals surface area (Å²) in [6, 6.07) is 11.5. The summed E-state index contributed by atoms with van der Waals surface area (Å²) in [5.41, 5.74) is 1.91. The molecule has 2 amide bonds. The lowest BCUT2D eigenvalue weighted by Gasteiger charge is -2.27. The van der Waals surface area contributed by atoms with Gasteiger partial charge in [-0.05, 0) is 31.9 Å². The molecule has 0 saturated carbocycles. The minimum atomic E-state index is -0.195. The molecule has 1 aromatic carbocycles. The van der Waals surface area contributed by atoms with Crippen LogP contribution < -0.4 is 5.32 Å². The first-order valence-corrected chi connectivity index (χ1v) is 9.11. The molecule has 26 heavy (non-hydrogen) atoms. The number of aromatic nitrogens is 1. The van der Waals surface area contributed by atoms with Gasteiger partial charge in [0.1, 0.15) is 0 Å². The molecule has 0 atom stereocenters. The number of unbranched alkanes of at least 4 members (excludes halogenated alkanes) is 1. The molecule has 0 radical (unpaired) electrons. The van der Waals surface area contributed by atoms with Gasteiger partial charge in [0.05, 0.1) is 11.1 Å². The van der Waals surface area contributed by atoms with Gasteiger partial charge in [0, 0.05) is 31.5 Å². The molecule has 1 N–H and O–H groups in total. The van der Waals surface area contributed by atoms with Crippen LogP contribution in [0.5, 0.6) is 0 Å². The van der Waals surface area contributed by atoms with Crippen molar-refractivity contribution in [2.45, 2.75) is 46.2 Å². The van der Waals surface area contributed by atoms with E-state index in [0.717, 1.165) is 18.4 Å². The van der Waals surface area contributed by atoms with E-state index in [9.17, 15) is 9.59 Å². The van der Waals surface area contributed by atoms with E-state index in [1.165, 1.54) is 12.4 Å². The van der Waals surface area contributed by atoms with Gasteiger partial charge in [-0.15, -0.1) is 0 Å². The highest BCUT2D eigenvalue weighted by atomic mass is 16.2. The van der Waals surface area contributed by atoms with E-state index in [0.29, 0.717) is 24.2 Å². The normalized spacial score (nSPS) is 10.6. The van der Waals surface area contributed by atoms with Crippen molar-refractivity contribution in [3.05, 3.63) is 65.5 Å². The highest BCUT2D eigenvalue weighted by Crippen LogP contribution is 2.14. The maximum absolute atomic E-state index is 13.0. The zero-order valence-corrected chi connectivity index (χ0v) is 15.7. The molecule has 0 aliphatic heterocycles. The van der Waals surface area contributed by atoms with Crippen LogP contribution in [0.2, 0.25) is 0 Å². The third-order valence-electron chi connectivity index (χ3n) is 4.14. The number of carbonyl (C=O) groups is 2. The van der Waals surface area contributed by atoms with E-state index < -0.39 is 0 Å². The highest BCUT2D eigenvalue weighted by Gasteiger charge is 2.20. The van der Waals surface area contributed by atoms with Gasteiger partial charge in [-0.1, -0.05) is 43.7 Å². The fourth-order valence-corrected chi connectivity index (χ4v) is 2.60. The molecule has 0 spiro atoms. The maximum Gasteiger partial charge on any atom is 0.255 e. The van der Waals surface area contributed by atoms with E-state index in [-0.39, 0.29) is 17.9 Å². The van der Waals surface area contributed by atoms with Crippen LogP contribution in [0.3, 0.4) is 0 Å². The van der Waals surface area contributed by atoms with E-state index in [4.69, 9.17) is 0 Å². The Balaban J connectivity index is 2.15. The number of amides is 2. The molecular weight excluding hydrogens is 326 g/mol. The standard InChI is InChI=1S/C21H27N3O2/c1-4-5-11-23-20(25)18-12-19(14-22-13-18)21(26)24(16(2)3)15-17-9-7-6-8-10-17/h6-10,12-14,16H,4-5,11,15H2,1-3H3,(H,23,25). The summed E-state index contributed by atoms with van der Waals surface area (Å²) in [4.78, 5) is 31.1. The molecule has 1 heterocycles. The van der Waals surface area contributed by atoms with Crippen molar-refractivity contribution >= 4 is 11.8 Å². The number of rotatable bonds is 8. The van der Waals surface area contributed by atoms with Crippen LogP contribution in [0, 0.1) is 0 Å². The second-order valence-corrected chi connectivity index (χ2v) is 6.58. The molecule has 5 heteroatoms. The van der Waals surface area contributed by atoms with Gasteiger partial charge in [-0.25, -0.2) is 0 Å². The van der Waals surface area contributed by atoms with Crippen LogP contribution >= 0.6 is 0 Å². The lowest BCUT2D eigenvalue weighted by molar-refractivity contribution is 0.0690. The molecule has 0 unspecified atom stereocenters.